The van der Waals surface area contributed by atoms with Crippen molar-refractivity contribution in [1.82, 2.24) is 14.5 Å². The molecule has 21 heavy (non-hydrogen) atoms. The fourth-order valence-corrected chi connectivity index (χ4v) is 2.78. The van der Waals surface area contributed by atoms with Crippen molar-refractivity contribution >= 4 is 34.4 Å². The number of alkyl halides is 1. The van der Waals surface area contributed by atoms with Crippen molar-refractivity contribution in [2.75, 3.05) is 7.05 Å². The predicted octanol–water partition coefficient (Wildman–Crippen LogP) is 1.58. The Morgan fingerprint density at radius 3 is 2.81 bits per heavy atom. The molecule has 2 amide bonds. The highest BCUT2D eigenvalue weighted by Gasteiger charge is 2.39. The number of imidazole rings is 1. The number of nitrogens with zero attached hydrogens (tertiary/aromatic N) is 4. The Morgan fingerprint density at radius 2 is 2.24 bits per heavy atom. The van der Waals surface area contributed by atoms with Gasteiger partial charge in [0.1, 0.15) is 11.9 Å². The molecule has 2 aromatic rings. The minimum atomic E-state index is -0.643. The zero-order chi connectivity index (χ0) is 15.1. The minimum absolute atomic E-state index is 0.0848. The van der Waals surface area contributed by atoms with Crippen LogP contribution < -0.4 is 0 Å². The molecule has 1 aromatic carbocycles. The van der Waals surface area contributed by atoms with E-state index in [9.17, 15) is 9.59 Å². The number of halogens is 1. The highest BCUT2D eigenvalue weighted by molar-refractivity contribution is 6.17. The van der Waals surface area contributed by atoms with Crippen LogP contribution in [0, 0.1) is 11.3 Å². The van der Waals surface area contributed by atoms with Crippen LogP contribution in [0.3, 0.4) is 0 Å². The lowest BCUT2D eigenvalue weighted by Gasteiger charge is -2.14. The van der Waals surface area contributed by atoms with E-state index in [2.05, 4.69) is 11.1 Å². The molecule has 106 valence electrons. The lowest BCUT2D eigenvalue weighted by molar-refractivity contribution is -0.137. The maximum absolute atomic E-state index is 12.2. The number of fused-ring (bicyclic) bond motifs is 1. The summed E-state index contributed by atoms with van der Waals surface area (Å²) in [5.41, 5.74) is 1.76. The Morgan fingerprint density at radius 1 is 1.48 bits per heavy atom. The number of imide groups is 1. The number of amides is 2. The molecule has 0 saturated carbocycles. The molecule has 1 aromatic heterocycles. The van der Waals surface area contributed by atoms with Gasteiger partial charge in [0.05, 0.1) is 35.0 Å². The van der Waals surface area contributed by atoms with Gasteiger partial charge in [0.25, 0.3) is 5.91 Å². The number of rotatable bonds is 2. The number of benzene rings is 1. The van der Waals surface area contributed by atoms with E-state index in [1.165, 1.54) is 7.05 Å². The second-order valence-corrected chi connectivity index (χ2v) is 5.13. The molecule has 1 unspecified atom stereocenters. The van der Waals surface area contributed by atoms with E-state index >= 15 is 0 Å². The average molecular weight is 303 g/mol. The molecule has 2 heterocycles. The quantitative estimate of drug-likeness (QED) is 0.623. The molecular weight excluding hydrogens is 292 g/mol. The topological polar surface area (TPSA) is 79.0 Å². The van der Waals surface area contributed by atoms with Gasteiger partial charge in [0, 0.05) is 7.05 Å². The lowest BCUT2D eigenvalue weighted by Crippen LogP contribution is -2.27. The predicted molar refractivity (Wildman–Crippen MR) is 75.4 cm³/mol. The van der Waals surface area contributed by atoms with Crippen LogP contribution >= 0.6 is 11.6 Å². The summed E-state index contributed by atoms with van der Waals surface area (Å²) in [7, 11) is 1.46. The third kappa shape index (κ3) is 1.98. The molecule has 1 aliphatic rings. The van der Waals surface area contributed by atoms with Crippen LogP contribution in [0.1, 0.15) is 23.9 Å². The lowest BCUT2D eigenvalue weighted by atomic mass is 10.2. The number of carbonyl (C=O) groups excluding carboxylic acids is 2. The summed E-state index contributed by atoms with van der Waals surface area (Å²) in [6.45, 7) is 0. The van der Waals surface area contributed by atoms with Crippen LogP contribution in [0.25, 0.3) is 11.0 Å². The van der Waals surface area contributed by atoms with E-state index in [4.69, 9.17) is 16.9 Å². The fourth-order valence-electron chi connectivity index (χ4n) is 2.59. The number of hydrogen-bond acceptors (Lipinski definition) is 4. The summed E-state index contributed by atoms with van der Waals surface area (Å²) in [5, 5.41) is 9.02. The maximum Gasteiger partial charge on any atom is 0.252 e. The molecule has 0 aliphatic carbocycles. The van der Waals surface area contributed by atoms with E-state index in [1.54, 1.807) is 22.8 Å². The van der Waals surface area contributed by atoms with Gasteiger partial charge in [0.15, 0.2) is 0 Å². The van der Waals surface area contributed by atoms with Crippen LogP contribution in [0.2, 0.25) is 0 Å². The Hall–Kier alpha value is -2.39. The summed E-state index contributed by atoms with van der Waals surface area (Å²) in [5.74, 6) is 0.123. The van der Waals surface area contributed by atoms with Crippen molar-refractivity contribution in [3.05, 3.63) is 29.6 Å². The largest absolute Gasteiger partial charge is 0.314 e. The van der Waals surface area contributed by atoms with E-state index in [0.717, 1.165) is 4.90 Å². The third-order valence-corrected chi connectivity index (χ3v) is 3.92. The van der Waals surface area contributed by atoms with E-state index in [-0.39, 0.29) is 24.1 Å². The van der Waals surface area contributed by atoms with Gasteiger partial charge in [0.2, 0.25) is 5.91 Å². The molecule has 1 fully saturated rings. The van der Waals surface area contributed by atoms with Crippen molar-refractivity contribution in [2.24, 2.45) is 0 Å². The van der Waals surface area contributed by atoms with Gasteiger partial charge in [-0.15, -0.1) is 11.6 Å². The summed E-state index contributed by atoms with van der Waals surface area (Å²) in [6.07, 6.45) is 0.0848. The molecule has 7 heteroatoms. The maximum atomic E-state index is 12.2. The van der Waals surface area contributed by atoms with Gasteiger partial charge < -0.3 is 4.57 Å². The summed E-state index contributed by atoms with van der Waals surface area (Å²) >= 11 is 5.92. The number of likely N-dealkylation sites (tertiary alicyclic amines) is 1. The number of carbonyl (C=O) groups is 2. The first-order chi connectivity index (χ1) is 10.1. The second-order valence-electron chi connectivity index (χ2n) is 4.86. The van der Waals surface area contributed by atoms with Gasteiger partial charge in [-0.3, -0.25) is 14.5 Å². The van der Waals surface area contributed by atoms with Gasteiger partial charge >= 0.3 is 0 Å². The second kappa shape index (κ2) is 4.86. The minimum Gasteiger partial charge on any atom is -0.314 e. The molecule has 0 bridgehead atoms. The Labute approximate surface area is 125 Å². The number of hydrogen-bond donors (Lipinski definition) is 0. The number of likely N-dealkylation sites (N-methyl/N-ethyl adjacent to an activating group) is 1. The van der Waals surface area contributed by atoms with Crippen LogP contribution in [-0.2, 0) is 15.5 Å². The summed E-state index contributed by atoms with van der Waals surface area (Å²) < 4.78 is 1.67. The van der Waals surface area contributed by atoms with Crippen LogP contribution in [0.5, 0.6) is 0 Å². The molecular formula is C14H11ClN4O2. The van der Waals surface area contributed by atoms with Gasteiger partial charge in [-0.05, 0) is 18.2 Å². The van der Waals surface area contributed by atoms with Gasteiger partial charge in [-0.25, -0.2) is 4.98 Å². The molecule has 0 N–H and O–H groups in total. The molecule has 6 nitrogen and oxygen atoms in total. The van der Waals surface area contributed by atoms with Gasteiger partial charge in [-0.2, -0.15) is 5.26 Å². The Balaban J connectivity index is 2.23. The molecule has 1 aliphatic heterocycles. The van der Waals surface area contributed by atoms with Crippen molar-refractivity contribution in [3.63, 3.8) is 0 Å². The van der Waals surface area contributed by atoms with E-state index in [1.807, 2.05) is 0 Å². The number of aromatic nitrogens is 2. The molecule has 0 radical (unpaired) electrons. The Bertz CT molecular complexity index is 805. The Kier molecular flexibility index (Phi) is 3.15. The number of nitriles is 1. The highest BCUT2D eigenvalue weighted by atomic mass is 35.5. The monoisotopic (exact) mass is 302 g/mol. The first-order valence-corrected chi connectivity index (χ1v) is 6.87. The van der Waals surface area contributed by atoms with Crippen LogP contribution in [0.15, 0.2) is 18.2 Å². The third-order valence-electron chi connectivity index (χ3n) is 3.68. The smallest absolute Gasteiger partial charge is 0.252 e. The average Bonchev–Trinajstić information content (AvgIpc) is 2.98. The zero-order valence-corrected chi connectivity index (χ0v) is 12.0. The molecule has 3 rings (SSSR count). The van der Waals surface area contributed by atoms with Crippen molar-refractivity contribution in [3.8, 4) is 6.07 Å². The first kappa shape index (κ1) is 13.6. The standard InChI is InChI=1S/C14H11ClN4O2/c1-18-13(20)5-11(14(18)21)19-10-4-8(7-16)2-3-9(10)17-12(19)6-15/h2-4,11H,5-6H2,1H3. The highest BCUT2D eigenvalue weighted by Crippen LogP contribution is 2.30. The van der Waals surface area contributed by atoms with Crippen molar-refractivity contribution < 1.29 is 9.59 Å². The van der Waals surface area contributed by atoms with Crippen molar-refractivity contribution in [2.45, 2.75) is 18.3 Å². The van der Waals surface area contributed by atoms with Crippen LogP contribution in [-0.4, -0.2) is 33.3 Å². The molecule has 1 saturated heterocycles. The molecule has 0 spiro atoms. The SMILES string of the molecule is CN1C(=O)CC(n2c(CCl)nc3ccc(C#N)cc32)C1=O. The van der Waals surface area contributed by atoms with Crippen LogP contribution in [0.4, 0.5) is 0 Å². The van der Waals surface area contributed by atoms with Gasteiger partial charge in [-0.1, -0.05) is 0 Å². The molecule has 1 atom stereocenters. The van der Waals surface area contributed by atoms with Crippen molar-refractivity contribution in [1.29, 1.82) is 5.26 Å². The summed E-state index contributed by atoms with van der Waals surface area (Å²) in [6, 6.07) is 6.45. The zero-order valence-electron chi connectivity index (χ0n) is 11.2. The normalized spacial score (nSPS) is 18.5. The first-order valence-electron chi connectivity index (χ1n) is 6.34. The van der Waals surface area contributed by atoms with E-state index in [0.29, 0.717) is 22.4 Å². The summed E-state index contributed by atoms with van der Waals surface area (Å²) in [4.78, 5) is 29.5. The fraction of sp³-hybridized carbons (Fsp3) is 0.286. The van der Waals surface area contributed by atoms with E-state index < -0.39 is 6.04 Å².